The Hall–Kier alpha value is -2.77. The Morgan fingerprint density at radius 1 is 1.26 bits per heavy atom. The van der Waals surface area contributed by atoms with Crippen LogP contribution >= 0.6 is 11.3 Å². The fraction of sp³-hybridized carbons (Fsp3) is 0.333. The highest BCUT2D eigenvalue weighted by atomic mass is 32.1. The highest BCUT2D eigenvalue weighted by Gasteiger charge is 2.15. The molecular weight excluding hydrogens is 411 g/mol. The van der Waals surface area contributed by atoms with E-state index in [0.717, 1.165) is 41.2 Å². The third-order valence-electron chi connectivity index (χ3n) is 5.66. The molecule has 0 spiro atoms. The van der Waals surface area contributed by atoms with E-state index in [-0.39, 0.29) is 13.2 Å². The molecule has 0 saturated heterocycles. The lowest BCUT2D eigenvalue weighted by Gasteiger charge is -2.17. The Balaban J connectivity index is 0.00000289. The molecule has 31 heavy (non-hydrogen) atoms. The monoisotopic (exact) mass is 440 g/mol. The van der Waals surface area contributed by atoms with Crippen molar-refractivity contribution in [3.8, 4) is 11.3 Å². The van der Waals surface area contributed by atoms with Gasteiger partial charge in [0.05, 0.1) is 15.9 Å². The van der Waals surface area contributed by atoms with Crippen LogP contribution in [0.1, 0.15) is 37.6 Å². The lowest BCUT2D eigenvalue weighted by Crippen LogP contribution is -2.29. The number of amides is 1. The van der Waals surface area contributed by atoms with Crippen molar-refractivity contribution in [2.45, 2.75) is 27.2 Å². The minimum absolute atomic E-state index is 0. The van der Waals surface area contributed by atoms with E-state index in [1.807, 2.05) is 34.9 Å². The van der Waals surface area contributed by atoms with Crippen molar-refractivity contribution in [1.29, 1.82) is 0 Å². The van der Waals surface area contributed by atoms with Crippen molar-refractivity contribution < 1.29 is 10.6 Å². The van der Waals surface area contributed by atoms with Crippen LogP contribution in [-0.4, -0.2) is 46.4 Å². The summed E-state index contributed by atoms with van der Waals surface area (Å²) < 4.78 is 17.4. The Morgan fingerprint density at radius 3 is 2.84 bits per heavy atom. The molecule has 0 radical (unpaired) electrons. The van der Waals surface area contributed by atoms with Gasteiger partial charge >= 0.3 is 0 Å². The first-order valence-corrected chi connectivity index (χ1v) is 11.5. The second-order valence-corrected chi connectivity index (χ2v) is 8.65. The summed E-state index contributed by atoms with van der Waals surface area (Å²) in [5, 5.41) is 3.01. The number of rotatable bonds is 8. The highest BCUT2D eigenvalue weighted by Crippen LogP contribution is 2.31. The number of aromatic nitrogens is 2. The van der Waals surface area contributed by atoms with E-state index in [9.17, 15) is 9.18 Å². The van der Waals surface area contributed by atoms with Gasteiger partial charge in [-0.1, -0.05) is 37.3 Å². The van der Waals surface area contributed by atoms with Gasteiger partial charge < -0.3 is 10.2 Å². The molecule has 4 aromatic rings. The third-order valence-corrected chi connectivity index (χ3v) is 6.67. The number of nitrogens with zero attached hydrogens (tertiary/aromatic N) is 3. The van der Waals surface area contributed by atoms with Crippen molar-refractivity contribution in [2.24, 2.45) is 0 Å². The molecule has 2 aromatic carbocycles. The molecule has 1 N–H and O–H groups in total. The molecule has 0 aliphatic rings. The van der Waals surface area contributed by atoms with Gasteiger partial charge in [-0.3, -0.25) is 9.20 Å². The molecule has 0 aliphatic heterocycles. The van der Waals surface area contributed by atoms with Gasteiger partial charge in [-0.25, -0.2) is 9.37 Å². The number of hydrogen-bond donors (Lipinski definition) is 1. The number of aryl methyl sites for hydroxylation is 1. The minimum Gasteiger partial charge on any atom is -0.352 e. The van der Waals surface area contributed by atoms with E-state index < -0.39 is 0 Å². The van der Waals surface area contributed by atoms with Crippen LogP contribution in [-0.2, 0) is 0 Å². The van der Waals surface area contributed by atoms with Crippen molar-refractivity contribution in [1.82, 2.24) is 19.6 Å². The van der Waals surface area contributed by atoms with E-state index in [2.05, 4.69) is 29.0 Å². The number of imidazole rings is 1. The maximum absolute atomic E-state index is 14.5. The van der Waals surface area contributed by atoms with Crippen molar-refractivity contribution in [3.63, 3.8) is 0 Å². The lowest BCUT2D eigenvalue weighted by molar-refractivity contribution is 0.0952. The largest absolute Gasteiger partial charge is 0.352 e. The second kappa shape index (κ2) is 9.16. The highest BCUT2D eigenvalue weighted by molar-refractivity contribution is 7.23. The summed E-state index contributed by atoms with van der Waals surface area (Å²) in [6, 6.07) is 11.0. The maximum atomic E-state index is 14.5. The zero-order valence-electron chi connectivity index (χ0n) is 18.1. The molecule has 2 aromatic heterocycles. The van der Waals surface area contributed by atoms with Crippen LogP contribution in [0.15, 0.2) is 42.6 Å². The molecule has 0 atom stereocenters. The van der Waals surface area contributed by atoms with Gasteiger partial charge in [-0.05, 0) is 62.8 Å². The molecule has 0 bridgehead atoms. The van der Waals surface area contributed by atoms with Crippen LogP contribution in [0.3, 0.4) is 0 Å². The number of benzene rings is 2. The Morgan fingerprint density at radius 2 is 2.06 bits per heavy atom. The van der Waals surface area contributed by atoms with E-state index in [4.69, 9.17) is 0 Å². The summed E-state index contributed by atoms with van der Waals surface area (Å²) in [4.78, 5) is 20.3. The molecule has 0 unspecified atom stereocenters. The number of carbonyl (C=O) groups excluding carboxylic acids is 1. The molecule has 1 amide bonds. The molecule has 4 rings (SSSR count). The molecule has 7 heteroatoms. The van der Waals surface area contributed by atoms with Gasteiger partial charge in [-0.15, -0.1) is 0 Å². The van der Waals surface area contributed by atoms with E-state index in [0.29, 0.717) is 28.9 Å². The number of hydrogen-bond acceptors (Lipinski definition) is 4. The van der Waals surface area contributed by atoms with Gasteiger partial charge in [-0.2, -0.15) is 0 Å². The smallest absolute Gasteiger partial charge is 0.251 e. The zero-order valence-corrected chi connectivity index (χ0v) is 18.9. The van der Waals surface area contributed by atoms with Crippen LogP contribution in [0.4, 0.5) is 4.39 Å². The van der Waals surface area contributed by atoms with Crippen LogP contribution in [0.25, 0.3) is 26.4 Å². The SMILES string of the molecule is CCN(CC)CCCNC(=O)c1ccc2c(c1)sc1nc(-c3cccc(C)c3F)cn12.[HH]. The van der Waals surface area contributed by atoms with Crippen LogP contribution in [0.2, 0.25) is 0 Å². The van der Waals surface area contributed by atoms with Gasteiger partial charge in [0.15, 0.2) is 4.96 Å². The van der Waals surface area contributed by atoms with Gasteiger partial charge in [0.25, 0.3) is 5.91 Å². The maximum Gasteiger partial charge on any atom is 0.251 e. The van der Waals surface area contributed by atoms with Crippen molar-refractivity contribution in [2.75, 3.05) is 26.2 Å². The van der Waals surface area contributed by atoms with E-state index >= 15 is 0 Å². The van der Waals surface area contributed by atoms with Crippen molar-refractivity contribution in [3.05, 3.63) is 59.5 Å². The van der Waals surface area contributed by atoms with E-state index in [1.54, 1.807) is 19.1 Å². The quantitative estimate of drug-likeness (QED) is 0.375. The molecule has 2 heterocycles. The summed E-state index contributed by atoms with van der Waals surface area (Å²) in [7, 11) is 0. The lowest BCUT2D eigenvalue weighted by atomic mass is 10.1. The number of halogens is 1. The molecule has 0 saturated carbocycles. The summed E-state index contributed by atoms with van der Waals surface area (Å²) in [6.07, 6.45) is 2.79. The first-order valence-electron chi connectivity index (χ1n) is 10.7. The average Bonchev–Trinajstić information content (AvgIpc) is 3.33. The fourth-order valence-corrected chi connectivity index (χ4v) is 4.81. The first kappa shape index (κ1) is 21.5. The molecule has 0 aliphatic carbocycles. The molecule has 164 valence electrons. The van der Waals surface area contributed by atoms with Gasteiger partial charge in [0, 0.05) is 25.3 Å². The summed E-state index contributed by atoms with van der Waals surface area (Å²) in [5.74, 6) is -0.299. The second-order valence-electron chi connectivity index (χ2n) is 7.64. The summed E-state index contributed by atoms with van der Waals surface area (Å²) >= 11 is 1.50. The van der Waals surface area contributed by atoms with Crippen LogP contribution in [0.5, 0.6) is 0 Å². The summed E-state index contributed by atoms with van der Waals surface area (Å²) in [6.45, 7) is 9.75. The zero-order chi connectivity index (χ0) is 22.0. The van der Waals surface area contributed by atoms with Crippen LogP contribution < -0.4 is 5.32 Å². The van der Waals surface area contributed by atoms with Crippen LogP contribution in [0, 0.1) is 12.7 Å². The fourth-order valence-electron chi connectivity index (χ4n) is 3.76. The molecule has 5 nitrogen and oxygen atoms in total. The number of nitrogens with one attached hydrogen (secondary N) is 1. The number of fused-ring (bicyclic) bond motifs is 3. The average molecular weight is 441 g/mol. The molecular formula is C24H29FN4OS. The number of thiazole rings is 1. The third kappa shape index (κ3) is 4.34. The normalized spacial score (nSPS) is 11.6. The minimum atomic E-state index is -0.238. The summed E-state index contributed by atoms with van der Waals surface area (Å²) in [5.41, 5.74) is 3.33. The van der Waals surface area contributed by atoms with Crippen molar-refractivity contribution >= 4 is 32.4 Å². The Labute approximate surface area is 187 Å². The van der Waals surface area contributed by atoms with E-state index in [1.165, 1.54) is 11.3 Å². The predicted octanol–water partition coefficient (Wildman–Crippen LogP) is 5.37. The Bertz CT molecular complexity index is 1230. The Kier molecular flexibility index (Phi) is 6.34. The molecule has 0 fully saturated rings. The van der Waals surface area contributed by atoms with Gasteiger partial charge in [0.2, 0.25) is 0 Å². The first-order chi connectivity index (χ1) is 15.0. The number of carbonyl (C=O) groups is 1. The standard InChI is InChI=1S/C24H27FN4OS.H2/c1-4-28(5-2)13-7-12-26-23(30)17-10-11-20-21(14-17)31-24-27-19(15-29(20)24)18-9-6-8-16(3)22(18)25;/h6,8-11,14-15H,4-5,7,12-13H2,1-3H3,(H,26,30);1H. The predicted molar refractivity (Wildman–Crippen MR) is 128 cm³/mol. The van der Waals surface area contributed by atoms with Gasteiger partial charge in [0.1, 0.15) is 5.82 Å². The topological polar surface area (TPSA) is 49.6 Å².